The number of anilines is 4. The van der Waals surface area contributed by atoms with Crippen LogP contribution in [-0.2, 0) is 0 Å². The number of hydrogen-bond donors (Lipinski definition) is 2. The quantitative estimate of drug-likeness (QED) is 0.636. The van der Waals surface area contributed by atoms with E-state index in [1.807, 2.05) is 12.1 Å². The summed E-state index contributed by atoms with van der Waals surface area (Å²) in [6, 6.07) is 8.64. The summed E-state index contributed by atoms with van der Waals surface area (Å²) >= 11 is 0. The van der Waals surface area contributed by atoms with E-state index in [0.29, 0.717) is 12.0 Å². The molecule has 8 heteroatoms. The molecular formula is C24H31N7O. The van der Waals surface area contributed by atoms with Gasteiger partial charge < -0.3 is 25.2 Å². The van der Waals surface area contributed by atoms with Crippen molar-refractivity contribution in [3.8, 4) is 11.8 Å². The van der Waals surface area contributed by atoms with E-state index in [1.54, 1.807) is 19.4 Å². The molecule has 0 amide bonds. The number of nitrogens with one attached hydrogen (secondary N) is 2. The number of rotatable bonds is 7. The molecule has 0 atom stereocenters. The van der Waals surface area contributed by atoms with Gasteiger partial charge in [0.2, 0.25) is 5.95 Å². The Bertz CT molecular complexity index is 986. The molecule has 1 aliphatic carbocycles. The third-order valence-corrected chi connectivity index (χ3v) is 6.15. The molecule has 0 spiro atoms. The normalized spacial score (nSPS) is 17.5. The first-order chi connectivity index (χ1) is 15.7. The van der Waals surface area contributed by atoms with Crippen LogP contribution in [0.5, 0.6) is 5.75 Å². The molecule has 1 aromatic carbocycles. The Morgan fingerprint density at radius 2 is 1.97 bits per heavy atom. The van der Waals surface area contributed by atoms with Crippen LogP contribution in [0.1, 0.15) is 31.2 Å². The zero-order valence-electron chi connectivity index (χ0n) is 18.8. The first-order valence-electron chi connectivity index (χ1n) is 11.2. The summed E-state index contributed by atoms with van der Waals surface area (Å²) in [7, 11) is 3.83. The van der Waals surface area contributed by atoms with Gasteiger partial charge in [0.15, 0.2) is 0 Å². The van der Waals surface area contributed by atoms with E-state index in [2.05, 4.69) is 44.6 Å². The second-order valence-electron chi connectivity index (χ2n) is 8.39. The minimum Gasteiger partial charge on any atom is -0.494 e. The van der Waals surface area contributed by atoms with Gasteiger partial charge in [-0.25, -0.2) is 4.98 Å². The van der Waals surface area contributed by atoms with Gasteiger partial charge in [0.25, 0.3) is 0 Å². The highest BCUT2D eigenvalue weighted by atomic mass is 16.5. The molecule has 2 fully saturated rings. The molecule has 2 aliphatic rings. The van der Waals surface area contributed by atoms with Gasteiger partial charge in [-0.3, -0.25) is 0 Å². The highest BCUT2D eigenvalue weighted by Crippen LogP contribution is 2.32. The van der Waals surface area contributed by atoms with Gasteiger partial charge in [0.1, 0.15) is 11.6 Å². The fourth-order valence-electron chi connectivity index (χ4n) is 4.24. The molecule has 1 saturated heterocycles. The summed E-state index contributed by atoms with van der Waals surface area (Å²) in [5.74, 6) is 1.99. The molecule has 0 radical (unpaired) electrons. The lowest BCUT2D eigenvalue weighted by Crippen LogP contribution is -2.44. The maximum atomic E-state index is 8.91. The number of hydrogen-bond acceptors (Lipinski definition) is 8. The maximum absolute atomic E-state index is 8.91. The standard InChI is InChI=1S/C24H31N7O/c1-30-12-14-31(15-13-30)20-9-10-21(22(16-20)32-2)28-24-26-17-18(6-5-11-25)23(29-24)27-19-7-3-4-8-19/h5-6,9-10,16-17,19H,3-4,7-8,12-15H2,1-2H3,(H2,26,27,28,29). The monoisotopic (exact) mass is 433 g/mol. The maximum Gasteiger partial charge on any atom is 0.229 e. The van der Waals surface area contributed by atoms with E-state index in [4.69, 9.17) is 15.0 Å². The van der Waals surface area contributed by atoms with Crippen molar-refractivity contribution in [3.63, 3.8) is 0 Å². The Kier molecular flexibility index (Phi) is 7.07. The third kappa shape index (κ3) is 5.29. The molecule has 0 bridgehead atoms. The van der Waals surface area contributed by atoms with Crippen molar-refractivity contribution in [1.82, 2.24) is 14.9 Å². The predicted molar refractivity (Wildman–Crippen MR) is 129 cm³/mol. The van der Waals surface area contributed by atoms with Gasteiger partial charge in [0.05, 0.1) is 18.9 Å². The number of nitrogens with zero attached hydrogens (tertiary/aromatic N) is 5. The van der Waals surface area contributed by atoms with Gasteiger partial charge in [0, 0.05) is 61.8 Å². The lowest BCUT2D eigenvalue weighted by molar-refractivity contribution is 0.312. The van der Waals surface area contributed by atoms with Crippen LogP contribution >= 0.6 is 0 Å². The molecule has 168 valence electrons. The van der Waals surface area contributed by atoms with E-state index in [0.717, 1.165) is 67.5 Å². The Balaban J connectivity index is 1.54. The van der Waals surface area contributed by atoms with Crippen LogP contribution in [0, 0.1) is 11.3 Å². The number of aromatic nitrogens is 2. The van der Waals surface area contributed by atoms with Crippen LogP contribution in [0.3, 0.4) is 0 Å². The molecule has 2 heterocycles. The van der Waals surface area contributed by atoms with Crippen molar-refractivity contribution >= 4 is 29.2 Å². The number of piperazine rings is 1. The minimum atomic E-state index is 0.407. The molecule has 0 unspecified atom stereocenters. The lowest BCUT2D eigenvalue weighted by Gasteiger charge is -2.34. The van der Waals surface area contributed by atoms with Crippen LogP contribution in [0.25, 0.3) is 6.08 Å². The van der Waals surface area contributed by atoms with Crippen LogP contribution in [-0.4, -0.2) is 61.2 Å². The van der Waals surface area contributed by atoms with Crippen LogP contribution in [0.2, 0.25) is 0 Å². The van der Waals surface area contributed by atoms with Crippen molar-refractivity contribution in [1.29, 1.82) is 5.26 Å². The van der Waals surface area contributed by atoms with E-state index in [9.17, 15) is 0 Å². The third-order valence-electron chi connectivity index (χ3n) is 6.15. The average molecular weight is 434 g/mol. The van der Waals surface area contributed by atoms with Crippen molar-refractivity contribution in [2.24, 2.45) is 0 Å². The van der Waals surface area contributed by atoms with Gasteiger partial charge in [-0.1, -0.05) is 12.8 Å². The first kappa shape index (κ1) is 21.9. The van der Waals surface area contributed by atoms with Gasteiger partial charge in [-0.05, 0) is 38.1 Å². The van der Waals surface area contributed by atoms with Crippen LogP contribution in [0.15, 0.2) is 30.5 Å². The Labute approximate surface area is 189 Å². The predicted octanol–water partition coefficient (Wildman–Crippen LogP) is 3.87. The molecule has 4 rings (SSSR count). The molecule has 2 aromatic rings. The zero-order chi connectivity index (χ0) is 22.3. The number of benzene rings is 1. The van der Waals surface area contributed by atoms with Crippen LogP contribution in [0.4, 0.5) is 23.1 Å². The van der Waals surface area contributed by atoms with Crippen molar-refractivity contribution in [2.45, 2.75) is 31.7 Å². The molecule has 2 N–H and O–H groups in total. The SMILES string of the molecule is COc1cc(N2CCN(C)CC2)ccc1Nc1ncc(C=CC#N)c(NC2CCCC2)n1. The fraction of sp³-hybridized carbons (Fsp3) is 0.458. The summed E-state index contributed by atoms with van der Waals surface area (Å²) in [5.41, 5.74) is 2.78. The highest BCUT2D eigenvalue weighted by Gasteiger charge is 2.18. The number of methoxy groups -OCH3 is 1. The number of likely N-dealkylation sites (N-methyl/N-ethyl adjacent to an activating group) is 1. The number of ether oxygens (including phenoxy) is 1. The smallest absolute Gasteiger partial charge is 0.229 e. The second kappa shape index (κ2) is 10.3. The molecule has 8 nitrogen and oxygen atoms in total. The molecule has 1 saturated carbocycles. The first-order valence-corrected chi connectivity index (χ1v) is 11.2. The van der Waals surface area contributed by atoms with E-state index < -0.39 is 0 Å². The van der Waals surface area contributed by atoms with Gasteiger partial charge in [-0.2, -0.15) is 10.2 Å². The zero-order valence-corrected chi connectivity index (χ0v) is 18.8. The molecular weight excluding hydrogens is 402 g/mol. The Hall–Kier alpha value is -3.31. The van der Waals surface area contributed by atoms with Crippen molar-refractivity contribution < 1.29 is 4.74 Å². The molecule has 1 aliphatic heterocycles. The Morgan fingerprint density at radius 1 is 1.19 bits per heavy atom. The summed E-state index contributed by atoms with van der Waals surface area (Å²) in [6.07, 6.45) is 9.66. The topological polar surface area (TPSA) is 89.3 Å². The summed E-state index contributed by atoms with van der Waals surface area (Å²) in [5, 5.41) is 15.8. The summed E-state index contributed by atoms with van der Waals surface area (Å²) in [4.78, 5) is 13.9. The molecule has 1 aromatic heterocycles. The van der Waals surface area contributed by atoms with Gasteiger partial charge in [-0.15, -0.1) is 0 Å². The fourth-order valence-corrected chi connectivity index (χ4v) is 4.24. The second-order valence-corrected chi connectivity index (χ2v) is 8.39. The van der Waals surface area contributed by atoms with Gasteiger partial charge >= 0.3 is 0 Å². The molecule has 32 heavy (non-hydrogen) atoms. The average Bonchev–Trinajstić information content (AvgIpc) is 3.32. The van der Waals surface area contributed by atoms with Crippen LogP contribution < -0.4 is 20.3 Å². The Morgan fingerprint density at radius 3 is 2.69 bits per heavy atom. The van der Waals surface area contributed by atoms with E-state index >= 15 is 0 Å². The summed E-state index contributed by atoms with van der Waals surface area (Å²) < 4.78 is 5.67. The van der Waals surface area contributed by atoms with Crippen molar-refractivity contribution in [3.05, 3.63) is 36.0 Å². The largest absolute Gasteiger partial charge is 0.494 e. The highest BCUT2D eigenvalue weighted by molar-refractivity contribution is 5.70. The number of nitriles is 1. The minimum absolute atomic E-state index is 0.407. The number of allylic oxidation sites excluding steroid dienone is 1. The van der Waals surface area contributed by atoms with Crippen molar-refractivity contribution in [2.75, 3.05) is 55.9 Å². The lowest BCUT2D eigenvalue weighted by atomic mass is 10.2. The van der Waals surface area contributed by atoms with E-state index in [1.165, 1.54) is 18.9 Å². The summed E-state index contributed by atoms with van der Waals surface area (Å²) in [6.45, 7) is 4.12. The van der Waals surface area contributed by atoms with E-state index in [-0.39, 0.29) is 0 Å².